The summed E-state index contributed by atoms with van der Waals surface area (Å²) in [6.07, 6.45) is 0.893. The first-order chi connectivity index (χ1) is 16.8. The van der Waals surface area contributed by atoms with Crippen LogP contribution in [0.5, 0.6) is 23.0 Å². The topological polar surface area (TPSA) is 46.7 Å². The van der Waals surface area contributed by atoms with Crippen LogP contribution in [0, 0.1) is 0 Å². The predicted octanol–water partition coefficient (Wildman–Crippen LogP) is 9.75. The maximum atomic E-state index is 5.80. The van der Waals surface area contributed by atoms with Crippen molar-refractivity contribution in [2.75, 3.05) is 13.1 Å². The smallest absolute Gasteiger partial charge is 0.127 e. The average molecular weight is 527 g/mol. The molecular formula is C27H24Cl2N2O2Ti-2. The molecule has 4 nitrogen and oxygen atoms in total. The molecule has 4 rings (SSSR count). The molecule has 4 aromatic carbocycles. The third-order valence-corrected chi connectivity index (χ3v) is 4.54. The van der Waals surface area contributed by atoms with Crippen LogP contribution in [-0.2, 0) is 17.0 Å². The molecule has 0 aliphatic carbocycles. The maximum absolute atomic E-state index is 5.80. The molecule has 0 aromatic heterocycles. The first kappa shape index (κ1) is 26.0. The van der Waals surface area contributed by atoms with E-state index in [1.54, 1.807) is 0 Å². The molecule has 0 aliphatic rings. The second-order valence-corrected chi connectivity index (χ2v) is 9.59. The van der Waals surface area contributed by atoms with Crippen LogP contribution in [0.15, 0.2) is 109 Å². The van der Waals surface area contributed by atoms with E-state index in [0.29, 0.717) is 0 Å². The van der Waals surface area contributed by atoms with Gasteiger partial charge >= 0.3 is 35.6 Å². The zero-order chi connectivity index (χ0) is 23.8. The van der Waals surface area contributed by atoms with E-state index in [2.05, 4.69) is 10.6 Å². The summed E-state index contributed by atoms with van der Waals surface area (Å²) in [6, 6.07) is 35.2. The van der Waals surface area contributed by atoms with Crippen molar-refractivity contribution < 1.29 is 26.5 Å². The van der Waals surface area contributed by atoms with Gasteiger partial charge in [0.25, 0.3) is 0 Å². The van der Waals surface area contributed by atoms with Gasteiger partial charge in [0.1, 0.15) is 23.0 Å². The minimum atomic E-state index is -0.556. The first-order valence-corrected chi connectivity index (χ1v) is 15.0. The zero-order valence-electron chi connectivity index (χ0n) is 18.5. The van der Waals surface area contributed by atoms with Gasteiger partial charge in [0.15, 0.2) is 0 Å². The summed E-state index contributed by atoms with van der Waals surface area (Å²) in [5.74, 6) is 3.27. The van der Waals surface area contributed by atoms with Crippen molar-refractivity contribution in [1.29, 1.82) is 0 Å². The number of rotatable bonds is 10. The summed E-state index contributed by atoms with van der Waals surface area (Å²) < 4.78 is 11.6. The quantitative estimate of drug-likeness (QED) is 0.152. The van der Waals surface area contributed by atoms with Crippen molar-refractivity contribution >= 4 is 30.0 Å². The van der Waals surface area contributed by atoms with Crippen molar-refractivity contribution in [3.05, 3.63) is 120 Å². The fourth-order valence-corrected chi connectivity index (χ4v) is 2.98. The van der Waals surface area contributed by atoms with Crippen LogP contribution in [0.4, 0.5) is 11.4 Å². The predicted molar refractivity (Wildman–Crippen MR) is 138 cm³/mol. The van der Waals surface area contributed by atoms with E-state index in [4.69, 9.17) is 28.1 Å². The van der Waals surface area contributed by atoms with Crippen LogP contribution in [0.2, 0.25) is 0 Å². The third-order valence-electron chi connectivity index (χ3n) is 4.54. The maximum Gasteiger partial charge on any atom is 0.127 e. The van der Waals surface area contributed by atoms with Gasteiger partial charge in [0.2, 0.25) is 0 Å². The Morgan fingerprint density at radius 3 is 1.18 bits per heavy atom. The molecule has 0 fully saturated rings. The molecule has 0 saturated heterocycles. The molecule has 34 heavy (non-hydrogen) atoms. The second-order valence-electron chi connectivity index (χ2n) is 7.01. The van der Waals surface area contributed by atoms with Crippen LogP contribution in [0.1, 0.15) is 6.42 Å². The third kappa shape index (κ3) is 9.70. The van der Waals surface area contributed by atoms with E-state index in [1.165, 1.54) is 0 Å². The van der Waals surface area contributed by atoms with Gasteiger partial charge in [0.05, 0.1) is 0 Å². The largest absolute Gasteiger partial charge is 0.684 e. The fourth-order valence-electron chi connectivity index (χ4n) is 2.98. The van der Waals surface area contributed by atoms with E-state index in [9.17, 15) is 0 Å². The number of para-hydroxylation sites is 2. The Kier molecular flexibility index (Phi) is 11.7. The van der Waals surface area contributed by atoms with Gasteiger partial charge in [0, 0.05) is 0 Å². The summed E-state index contributed by atoms with van der Waals surface area (Å²) in [5, 5.41) is 9.22. The number of nitrogens with zero attached hydrogens (tertiary/aromatic N) is 2. The SMILES string of the molecule is [Cl][Ti][Cl].c1ccc(Oc2ccc([N-]CCC[N-]c3ccc(Oc4ccccc4)cc3)cc2)cc1. The molecule has 0 spiro atoms. The van der Waals surface area contributed by atoms with Crippen molar-refractivity contribution in [3.8, 4) is 23.0 Å². The van der Waals surface area contributed by atoms with Crippen molar-refractivity contribution in [3.63, 3.8) is 0 Å². The number of hydrogen-bond donors (Lipinski definition) is 0. The van der Waals surface area contributed by atoms with Crippen molar-refractivity contribution in [2.24, 2.45) is 0 Å². The van der Waals surface area contributed by atoms with Crippen LogP contribution in [0.25, 0.3) is 10.6 Å². The van der Waals surface area contributed by atoms with Crippen LogP contribution < -0.4 is 9.47 Å². The molecule has 0 amide bonds. The van der Waals surface area contributed by atoms with Gasteiger partial charge in [-0.15, -0.1) is 24.5 Å². The van der Waals surface area contributed by atoms with E-state index in [-0.39, 0.29) is 0 Å². The minimum Gasteiger partial charge on any atom is -0.684 e. The number of benzene rings is 4. The monoisotopic (exact) mass is 526 g/mol. The molecule has 0 saturated carbocycles. The zero-order valence-corrected chi connectivity index (χ0v) is 21.6. The Bertz CT molecular complexity index is 980. The van der Waals surface area contributed by atoms with Crippen molar-refractivity contribution in [2.45, 2.75) is 6.42 Å². The normalized spacial score (nSPS) is 9.82. The number of halogens is 2. The Labute approximate surface area is 217 Å². The van der Waals surface area contributed by atoms with Gasteiger partial charge in [-0.3, -0.25) is 0 Å². The first-order valence-electron chi connectivity index (χ1n) is 10.7. The van der Waals surface area contributed by atoms with Crippen LogP contribution in [0.3, 0.4) is 0 Å². The molecular weight excluding hydrogens is 503 g/mol. The van der Waals surface area contributed by atoms with Crippen LogP contribution >= 0.6 is 18.6 Å². The summed E-state index contributed by atoms with van der Waals surface area (Å²) >= 11 is -0.556. The molecule has 0 unspecified atom stereocenters. The summed E-state index contributed by atoms with van der Waals surface area (Å²) in [5.41, 5.74) is 1.89. The molecule has 4 aromatic rings. The van der Waals surface area contributed by atoms with Gasteiger partial charge in [-0.1, -0.05) is 67.1 Å². The van der Waals surface area contributed by atoms with Crippen molar-refractivity contribution in [1.82, 2.24) is 0 Å². The summed E-state index contributed by atoms with van der Waals surface area (Å²) in [7, 11) is 9.78. The molecule has 0 radical (unpaired) electrons. The minimum absolute atomic E-state index is 0.556. The molecule has 0 heterocycles. The Hall–Kier alpha value is -2.63. The fraction of sp³-hybridized carbons (Fsp3) is 0.111. The van der Waals surface area contributed by atoms with E-state index < -0.39 is 17.0 Å². The second kappa shape index (κ2) is 15.3. The molecule has 174 valence electrons. The van der Waals surface area contributed by atoms with E-state index in [1.807, 2.05) is 109 Å². The van der Waals surface area contributed by atoms with Crippen LogP contribution in [-0.4, -0.2) is 13.1 Å². The molecule has 0 bridgehead atoms. The molecule has 0 aliphatic heterocycles. The van der Waals surface area contributed by atoms with Gasteiger partial charge in [-0.05, 0) is 48.5 Å². The Morgan fingerprint density at radius 1 is 0.500 bits per heavy atom. The number of hydrogen-bond acceptors (Lipinski definition) is 2. The Morgan fingerprint density at radius 2 is 0.824 bits per heavy atom. The molecule has 7 heteroatoms. The average Bonchev–Trinajstić information content (AvgIpc) is 2.88. The van der Waals surface area contributed by atoms with Gasteiger partial charge < -0.3 is 20.1 Å². The van der Waals surface area contributed by atoms with E-state index >= 15 is 0 Å². The van der Waals surface area contributed by atoms with Gasteiger partial charge in [-0.2, -0.15) is 0 Å². The summed E-state index contributed by atoms with van der Waals surface area (Å²) in [4.78, 5) is 0. The van der Waals surface area contributed by atoms with E-state index in [0.717, 1.165) is 53.9 Å². The molecule has 0 atom stereocenters. The standard InChI is InChI=1S/C27H24N2O2.2ClH.Ti/c1-3-8-24(9-4-1)30-26-16-12-22(13-17-26)28-20-7-21-29-23-14-18-27(19-15-23)31-25-10-5-2-6-11-25;;;/h1-6,8-19H,7,20-21H2;2*1H;/q-2;;;+2/p-2. The molecule has 0 N–H and O–H groups in total. The number of ether oxygens (including phenoxy) is 2. The van der Waals surface area contributed by atoms with Gasteiger partial charge in [-0.25, -0.2) is 0 Å². The Balaban J connectivity index is 0.00000103. The summed E-state index contributed by atoms with van der Waals surface area (Å²) in [6.45, 7) is 1.47.